The lowest BCUT2D eigenvalue weighted by molar-refractivity contribution is 0.0599. The highest BCUT2D eigenvalue weighted by atomic mass is 16.5. The number of carbonyl (C=O) groups excluding carboxylic acids is 2. The van der Waals surface area contributed by atoms with Gasteiger partial charge >= 0.3 is 5.97 Å². The van der Waals surface area contributed by atoms with Gasteiger partial charge in [0.05, 0.1) is 12.7 Å². The minimum absolute atomic E-state index is 0.190. The second-order valence-electron chi connectivity index (χ2n) is 6.96. The van der Waals surface area contributed by atoms with Gasteiger partial charge in [0.1, 0.15) is 0 Å². The highest BCUT2D eigenvalue weighted by molar-refractivity contribution is 6.05. The number of nitrogens with one attached hydrogen (secondary N) is 1. The van der Waals surface area contributed by atoms with Gasteiger partial charge in [-0.25, -0.2) is 4.79 Å². The summed E-state index contributed by atoms with van der Waals surface area (Å²) in [6.07, 6.45) is 3.86. The Morgan fingerprint density at radius 1 is 1.04 bits per heavy atom. The van der Waals surface area contributed by atoms with Crippen LogP contribution in [-0.4, -0.2) is 37.0 Å². The van der Waals surface area contributed by atoms with Crippen LogP contribution in [0.1, 0.15) is 51.1 Å². The van der Waals surface area contributed by atoms with Crippen molar-refractivity contribution in [3.05, 3.63) is 64.7 Å². The van der Waals surface area contributed by atoms with Crippen molar-refractivity contribution in [3.8, 4) is 0 Å². The molecule has 2 aromatic rings. The van der Waals surface area contributed by atoms with Gasteiger partial charge in [0.15, 0.2) is 0 Å². The number of nitrogens with zero attached hydrogens (tertiary/aromatic N) is 1. The van der Waals surface area contributed by atoms with E-state index in [2.05, 4.69) is 10.2 Å². The number of rotatable bonds is 5. The van der Waals surface area contributed by atoms with Gasteiger partial charge in [0.25, 0.3) is 5.91 Å². The molecule has 1 saturated heterocycles. The SMILES string of the molecule is COC(=O)c1cccc(NC(=O)c2ccc(CN3CCCCC3)cc2)c1C. The van der Waals surface area contributed by atoms with Crippen LogP contribution >= 0.6 is 0 Å². The molecule has 0 aliphatic carbocycles. The van der Waals surface area contributed by atoms with Crippen LogP contribution in [-0.2, 0) is 11.3 Å². The molecule has 1 aliphatic heterocycles. The van der Waals surface area contributed by atoms with Gasteiger partial charge in [0, 0.05) is 17.8 Å². The summed E-state index contributed by atoms with van der Waals surface area (Å²) < 4.78 is 4.78. The Bertz CT molecular complexity index is 809. The van der Waals surface area contributed by atoms with E-state index in [1.807, 2.05) is 24.3 Å². The van der Waals surface area contributed by atoms with Crippen molar-refractivity contribution in [1.29, 1.82) is 0 Å². The first kappa shape index (κ1) is 19.1. The molecule has 1 amide bonds. The molecular weight excluding hydrogens is 340 g/mol. The van der Waals surface area contributed by atoms with Gasteiger partial charge in [-0.3, -0.25) is 9.69 Å². The molecule has 1 heterocycles. The van der Waals surface area contributed by atoms with Crippen molar-refractivity contribution >= 4 is 17.6 Å². The van der Waals surface area contributed by atoms with Crippen LogP contribution in [0.4, 0.5) is 5.69 Å². The van der Waals surface area contributed by atoms with E-state index in [9.17, 15) is 9.59 Å². The van der Waals surface area contributed by atoms with E-state index in [-0.39, 0.29) is 5.91 Å². The van der Waals surface area contributed by atoms with E-state index in [1.54, 1.807) is 25.1 Å². The van der Waals surface area contributed by atoms with Crippen LogP contribution in [0, 0.1) is 6.92 Å². The molecule has 0 saturated carbocycles. The van der Waals surface area contributed by atoms with Gasteiger partial charge in [0.2, 0.25) is 0 Å². The minimum atomic E-state index is -0.411. The first-order valence-electron chi connectivity index (χ1n) is 9.39. The van der Waals surface area contributed by atoms with Gasteiger partial charge in [-0.05, 0) is 68.2 Å². The van der Waals surface area contributed by atoms with Crippen LogP contribution in [0.15, 0.2) is 42.5 Å². The lowest BCUT2D eigenvalue weighted by Crippen LogP contribution is -2.29. The lowest BCUT2D eigenvalue weighted by Gasteiger charge is -2.26. The molecule has 27 heavy (non-hydrogen) atoms. The molecule has 0 atom stereocenters. The average Bonchev–Trinajstić information content (AvgIpc) is 2.70. The molecule has 0 radical (unpaired) electrons. The summed E-state index contributed by atoms with van der Waals surface area (Å²) in [4.78, 5) is 26.8. The Morgan fingerprint density at radius 2 is 1.74 bits per heavy atom. The van der Waals surface area contributed by atoms with Gasteiger partial charge in [-0.2, -0.15) is 0 Å². The second kappa shape index (κ2) is 8.82. The van der Waals surface area contributed by atoms with Crippen molar-refractivity contribution in [2.24, 2.45) is 0 Å². The quantitative estimate of drug-likeness (QED) is 0.812. The lowest BCUT2D eigenvalue weighted by atomic mass is 10.1. The maximum absolute atomic E-state index is 12.6. The summed E-state index contributed by atoms with van der Waals surface area (Å²) in [5, 5.41) is 2.89. The van der Waals surface area contributed by atoms with E-state index >= 15 is 0 Å². The fraction of sp³-hybridized carbons (Fsp3) is 0.364. The number of hydrogen-bond acceptors (Lipinski definition) is 4. The smallest absolute Gasteiger partial charge is 0.338 e. The van der Waals surface area contributed by atoms with Crippen LogP contribution < -0.4 is 5.32 Å². The van der Waals surface area contributed by atoms with Crippen molar-refractivity contribution in [2.45, 2.75) is 32.7 Å². The molecule has 0 unspecified atom stereocenters. The molecule has 0 aromatic heterocycles. The molecule has 2 aromatic carbocycles. The number of methoxy groups -OCH3 is 1. The molecule has 1 N–H and O–H groups in total. The fourth-order valence-electron chi connectivity index (χ4n) is 3.43. The zero-order valence-corrected chi connectivity index (χ0v) is 16.0. The summed E-state index contributed by atoms with van der Waals surface area (Å²) in [6.45, 7) is 5.03. The van der Waals surface area contributed by atoms with E-state index in [1.165, 1.54) is 31.9 Å². The van der Waals surface area contributed by atoms with Crippen LogP contribution in [0.3, 0.4) is 0 Å². The van der Waals surface area contributed by atoms with Crippen LogP contribution in [0.25, 0.3) is 0 Å². The summed E-state index contributed by atoms with van der Waals surface area (Å²) in [5.74, 6) is -0.602. The Kier molecular flexibility index (Phi) is 6.24. The average molecular weight is 366 g/mol. The maximum Gasteiger partial charge on any atom is 0.338 e. The molecule has 1 aliphatic rings. The number of ether oxygens (including phenoxy) is 1. The largest absolute Gasteiger partial charge is 0.465 e. The zero-order chi connectivity index (χ0) is 19.2. The summed E-state index contributed by atoms with van der Waals surface area (Å²) in [6, 6.07) is 12.9. The number of anilines is 1. The normalized spacial score (nSPS) is 14.6. The molecule has 142 valence electrons. The van der Waals surface area contributed by atoms with Crippen LogP contribution in [0.5, 0.6) is 0 Å². The van der Waals surface area contributed by atoms with Crippen molar-refractivity contribution in [1.82, 2.24) is 4.90 Å². The maximum atomic E-state index is 12.6. The van der Waals surface area contributed by atoms with Crippen molar-refractivity contribution < 1.29 is 14.3 Å². The topological polar surface area (TPSA) is 58.6 Å². The number of benzene rings is 2. The molecular formula is C22H26N2O3. The molecule has 0 spiro atoms. The summed E-state index contributed by atoms with van der Waals surface area (Å²) >= 11 is 0. The molecule has 0 bridgehead atoms. The van der Waals surface area contributed by atoms with E-state index < -0.39 is 5.97 Å². The highest BCUT2D eigenvalue weighted by Crippen LogP contribution is 2.21. The number of piperidine rings is 1. The number of likely N-dealkylation sites (tertiary alicyclic amines) is 1. The Morgan fingerprint density at radius 3 is 2.41 bits per heavy atom. The Balaban J connectivity index is 1.67. The summed E-state index contributed by atoms with van der Waals surface area (Å²) in [7, 11) is 1.35. The third-order valence-corrected chi connectivity index (χ3v) is 5.06. The number of esters is 1. The standard InChI is InChI=1S/C22H26N2O3/c1-16-19(22(26)27-2)7-6-8-20(16)23-21(25)18-11-9-17(10-12-18)15-24-13-4-3-5-14-24/h6-12H,3-5,13-15H2,1-2H3,(H,23,25). The predicted octanol–water partition coefficient (Wildman–Crippen LogP) is 4.02. The molecule has 1 fully saturated rings. The van der Waals surface area contributed by atoms with E-state index in [0.717, 1.165) is 19.6 Å². The molecule has 5 heteroatoms. The van der Waals surface area contributed by atoms with Gasteiger partial charge in [-0.15, -0.1) is 0 Å². The number of carbonyl (C=O) groups is 2. The first-order chi connectivity index (χ1) is 13.1. The van der Waals surface area contributed by atoms with Gasteiger partial charge in [-0.1, -0.05) is 24.6 Å². The minimum Gasteiger partial charge on any atom is -0.465 e. The predicted molar refractivity (Wildman–Crippen MR) is 106 cm³/mol. The van der Waals surface area contributed by atoms with Crippen LogP contribution in [0.2, 0.25) is 0 Å². The first-order valence-corrected chi connectivity index (χ1v) is 9.39. The molecule has 5 nitrogen and oxygen atoms in total. The van der Waals surface area contributed by atoms with Crippen molar-refractivity contribution in [3.63, 3.8) is 0 Å². The van der Waals surface area contributed by atoms with E-state index in [0.29, 0.717) is 22.4 Å². The zero-order valence-electron chi connectivity index (χ0n) is 16.0. The number of hydrogen-bond donors (Lipinski definition) is 1. The Hall–Kier alpha value is -2.66. The second-order valence-corrected chi connectivity index (χ2v) is 6.96. The fourth-order valence-corrected chi connectivity index (χ4v) is 3.43. The molecule has 3 rings (SSSR count). The highest BCUT2D eigenvalue weighted by Gasteiger charge is 2.15. The monoisotopic (exact) mass is 366 g/mol. The summed E-state index contributed by atoms with van der Waals surface area (Å²) in [5.41, 5.74) is 3.57. The van der Waals surface area contributed by atoms with Crippen molar-refractivity contribution in [2.75, 3.05) is 25.5 Å². The van der Waals surface area contributed by atoms with E-state index in [4.69, 9.17) is 4.74 Å². The number of amides is 1. The third-order valence-electron chi connectivity index (χ3n) is 5.06. The third kappa shape index (κ3) is 4.74. The van der Waals surface area contributed by atoms with Gasteiger partial charge < -0.3 is 10.1 Å². The Labute approximate surface area is 160 Å².